The Morgan fingerprint density at radius 3 is 2.71 bits per heavy atom. The summed E-state index contributed by atoms with van der Waals surface area (Å²) in [5.74, 6) is 6.10. The average Bonchev–Trinajstić information content (AvgIpc) is 3.52. The highest BCUT2D eigenvalue weighted by atomic mass is 16.5. The van der Waals surface area contributed by atoms with Crippen LogP contribution < -0.4 is 21.3 Å². The van der Waals surface area contributed by atoms with Crippen LogP contribution >= 0.6 is 0 Å². The number of amides is 1. The minimum atomic E-state index is -0.659. The van der Waals surface area contributed by atoms with E-state index < -0.39 is 11.7 Å². The molecule has 0 spiro atoms. The van der Waals surface area contributed by atoms with Gasteiger partial charge in [0, 0.05) is 31.7 Å². The number of carbonyl (C=O) groups excluding carboxylic acids is 2. The molecule has 0 radical (unpaired) electrons. The number of benzene rings is 1. The summed E-state index contributed by atoms with van der Waals surface area (Å²) in [5.41, 5.74) is 8.09. The van der Waals surface area contributed by atoms with Gasteiger partial charge < -0.3 is 24.9 Å². The van der Waals surface area contributed by atoms with Crippen LogP contribution in [0.3, 0.4) is 0 Å². The molecule has 0 bridgehead atoms. The van der Waals surface area contributed by atoms with E-state index in [9.17, 15) is 9.59 Å². The predicted molar refractivity (Wildman–Crippen MR) is 130 cm³/mol. The number of aromatic amines is 1. The second kappa shape index (κ2) is 8.95. The minimum Gasteiger partial charge on any atom is -0.494 e. The van der Waals surface area contributed by atoms with Crippen molar-refractivity contribution in [3.05, 3.63) is 72.7 Å². The molecule has 11 heteroatoms. The maximum Gasteiger partial charge on any atom is 0.295 e. The van der Waals surface area contributed by atoms with Gasteiger partial charge in [0.25, 0.3) is 11.7 Å². The van der Waals surface area contributed by atoms with Crippen LogP contribution in [0.4, 0.5) is 5.82 Å². The Kier molecular flexibility index (Phi) is 5.67. The summed E-state index contributed by atoms with van der Waals surface area (Å²) < 4.78 is 7.49. The van der Waals surface area contributed by atoms with Gasteiger partial charge in [-0.3, -0.25) is 14.6 Å². The van der Waals surface area contributed by atoms with Crippen molar-refractivity contribution in [2.24, 2.45) is 11.6 Å². The Bertz CT molecular complexity index is 1440. The van der Waals surface area contributed by atoms with E-state index in [1.165, 1.54) is 41.8 Å². The number of anilines is 1. The van der Waals surface area contributed by atoms with Gasteiger partial charge in [-0.05, 0) is 5.56 Å². The summed E-state index contributed by atoms with van der Waals surface area (Å²) in [4.78, 5) is 39.9. The zero-order chi connectivity index (χ0) is 24.5. The van der Waals surface area contributed by atoms with Crippen molar-refractivity contribution < 1.29 is 14.3 Å². The van der Waals surface area contributed by atoms with E-state index in [4.69, 9.17) is 16.3 Å². The van der Waals surface area contributed by atoms with Gasteiger partial charge in [-0.1, -0.05) is 30.3 Å². The number of nitrogens with two attached hydrogens (primary N) is 2. The number of fused-ring (bicyclic) bond motifs is 2. The average molecular weight is 473 g/mol. The van der Waals surface area contributed by atoms with Gasteiger partial charge in [0.15, 0.2) is 5.82 Å². The first-order chi connectivity index (χ1) is 17.0. The summed E-state index contributed by atoms with van der Waals surface area (Å²) >= 11 is 0. The minimum absolute atomic E-state index is 0.175. The van der Waals surface area contributed by atoms with Crippen LogP contribution in [-0.4, -0.2) is 49.8 Å². The first-order valence-corrected chi connectivity index (χ1v) is 10.9. The summed E-state index contributed by atoms with van der Waals surface area (Å²) in [5, 5.41) is 1.63. The lowest BCUT2D eigenvalue weighted by atomic mass is 10.1. The zero-order valence-electron chi connectivity index (χ0n) is 19.0. The van der Waals surface area contributed by atoms with Gasteiger partial charge in [0.1, 0.15) is 11.6 Å². The summed E-state index contributed by atoms with van der Waals surface area (Å²) in [6.07, 6.45) is 7.39. The number of H-pyrrole nitrogens is 1. The fourth-order valence-corrected chi connectivity index (χ4v) is 4.33. The van der Waals surface area contributed by atoms with Gasteiger partial charge >= 0.3 is 0 Å². The lowest BCUT2D eigenvalue weighted by Gasteiger charge is -2.28. The normalized spacial score (nSPS) is 13.3. The SMILES string of the molecule is COc1cnc(N(N)/C=C\N)c2[nH]cc(C(=O)C(=O)N3CCn4c(-c5ccccc5)cnc4C3)c12. The van der Waals surface area contributed by atoms with Crippen molar-refractivity contribution in [3.63, 3.8) is 0 Å². The van der Waals surface area contributed by atoms with Gasteiger partial charge in [-0.15, -0.1) is 0 Å². The number of ketones is 1. The molecule has 3 aromatic heterocycles. The van der Waals surface area contributed by atoms with Crippen LogP contribution in [0.1, 0.15) is 16.2 Å². The molecule has 1 aromatic carbocycles. The molecule has 0 unspecified atom stereocenters. The summed E-state index contributed by atoms with van der Waals surface area (Å²) in [7, 11) is 1.47. The highest BCUT2D eigenvalue weighted by molar-refractivity contribution is 6.45. The maximum absolute atomic E-state index is 13.3. The number of nitrogens with one attached hydrogen (secondary N) is 1. The van der Waals surface area contributed by atoms with E-state index in [1.54, 1.807) is 6.20 Å². The fraction of sp³-hybridized carbons (Fsp3) is 0.167. The van der Waals surface area contributed by atoms with Gasteiger partial charge in [0.2, 0.25) is 0 Å². The monoisotopic (exact) mass is 472 g/mol. The van der Waals surface area contributed by atoms with Gasteiger partial charge in [-0.2, -0.15) is 0 Å². The van der Waals surface area contributed by atoms with Crippen molar-refractivity contribution in [1.29, 1.82) is 0 Å². The van der Waals surface area contributed by atoms with E-state index in [0.29, 0.717) is 35.6 Å². The highest BCUT2D eigenvalue weighted by Gasteiger charge is 2.31. The Hall–Kier alpha value is -4.64. The number of ether oxygens (including phenoxy) is 1. The molecule has 1 amide bonds. The number of imidazole rings is 1. The van der Waals surface area contributed by atoms with Gasteiger partial charge in [-0.25, -0.2) is 15.8 Å². The predicted octanol–water partition coefficient (Wildman–Crippen LogP) is 1.77. The Morgan fingerprint density at radius 2 is 1.97 bits per heavy atom. The number of pyridine rings is 1. The first kappa shape index (κ1) is 22.2. The van der Waals surface area contributed by atoms with E-state index in [0.717, 1.165) is 17.1 Å². The first-order valence-electron chi connectivity index (χ1n) is 10.9. The molecule has 5 rings (SSSR count). The number of aromatic nitrogens is 4. The molecule has 5 N–H and O–H groups in total. The molecular weight excluding hydrogens is 448 g/mol. The van der Waals surface area contributed by atoms with Crippen LogP contribution in [0.25, 0.3) is 22.2 Å². The lowest BCUT2D eigenvalue weighted by Crippen LogP contribution is -2.42. The molecule has 4 heterocycles. The van der Waals surface area contributed by atoms with E-state index in [1.807, 2.05) is 30.3 Å². The number of carbonyl (C=O) groups is 2. The van der Waals surface area contributed by atoms with Crippen molar-refractivity contribution in [1.82, 2.24) is 24.4 Å². The number of rotatable bonds is 6. The maximum atomic E-state index is 13.3. The molecule has 1 aliphatic rings. The number of hydrogen-bond donors (Lipinski definition) is 3. The van der Waals surface area contributed by atoms with Crippen molar-refractivity contribution >= 4 is 28.4 Å². The third kappa shape index (κ3) is 3.77. The smallest absolute Gasteiger partial charge is 0.295 e. The molecule has 0 saturated carbocycles. The Morgan fingerprint density at radius 1 is 1.17 bits per heavy atom. The molecule has 1 aliphatic heterocycles. The van der Waals surface area contributed by atoms with E-state index >= 15 is 0 Å². The molecule has 0 saturated heterocycles. The Labute approximate surface area is 200 Å². The number of methoxy groups -OCH3 is 1. The van der Waals surface area contributed by atoms with E-state index in [2.05, 4.69) is 19.5 Å². The highest BCUT2D eigenvalue weighted by Crippen LogP contribution is 2.34. The lowest BCUT2D eigenvalue weighted by molar-refractivity contribution is -0.127. The van der Waals surface area contributed by atoms with Crippen LogP contribution in [0, 0.1) is 0 Å². The number of hydrazine groups is 1. The van der Waals surface area contributed by atoms with Crippen molar-refractivity contribution in [2.45, 2.75) is 13.1 Å². The van der Waals surface area contributed by atoms with Crippen LogP contribution in [0.2, 0.25) is 0 Å². The molecule has 0 fully saturated rings. The number of Topliss-reactive ketones (excluding diaryl/α,β-unsaturated/α-hetero) is 1. The van der Waals surface area contributed by atoms with Crippen LogP contribution in [0.5, 0.6) is 5.75 Å². The standard InChI is InChI=1S/C24H24N8O3/c1-35-18-13-29-23(32(26)8-7-25)21-20(18)16(11-28-21)22(33)24(34)30-9-10-31-17(12-27-19(31)14-30)15-5-3-2-4-6-15/h2-8,11-13,28H,9-10,14,25-26H2,1H3/b8-7-. The Balaban J connectivity index is 1.44. The van der Waals surface area contributed by atoms with Crippen LogP contribution in [-0.2, 0) is 17.9 Å². The molecule has 0 atom stereocenters. The van der Waals surface area contributed by atoms with Crippen molar-refractivity contribution in [3.8, 4) is 17.0 Å². The quantitative estimate of drug-likeness (QED) is 0.166. The zero-order valence-corrected chi connectivity index (χ0v) is 19.0. The second-order valence-corrected chi connectivity index (χ2v) is 7.98. The number of nitrogens with zero attached hydrogens (tertiary/aromatic N) is 5. The topological polar surface area (TPSA) is 148 Å². The molecule has 11 nitrogen and oxygen atoms in total. The summed E-state index contributed by atoms with van der Waals surface area (Å²) in [6, 6.07) is 9.94. The summed E-state index contributed by atoms with van der Waals surface area (Å²) in [6.45, 7) is 1.16. The van der Waals surface area contributed by atoms with Crippen molar-refractivity contribution in [2.75, 3.05) is 18.7 Å². The second-order valence-electron chi connectivity index (χ2n) is 7.98. The van der Waals surface area contributed by atoms with E-state index in [-0.39, 0.29) is 12.1 Å². The number of hydrogen-bond acceptors (Lipinski definition) is 8. The molecule has 0 aliphatic carbocycles. The third-order valence-electron chi connectivity index (χ3n) is 6.03. The van der Waals surface area contributed by atoms with Crippen LogP contribution in [0.15, 0.2) is 61.3 Å². The third-order valence-corrected chi connectivity index (χ3v) is 6.03. The van der Waals surface area contributed by atoms with Gasteiger partial charge in [0.05, 0.1) is 48.2 Å². The largest absolute Gasteiger partial charge is 0.494 e. The molecule has 4 aromatic rings. The fourth-order valence-electron chi connectivity index (χ4n) is 4.33. The molecule has 178 valence electrons. The molecular formula is C24H24N8O3. The molecule has 35 heavy (non-hydrogen) atoms.